The van der Waals surface area contributed by atoms with Crippen LogP contribution >= 0.6 is 23.2 Å². The van der Waals surface area contributed by atoms with Crippen molar-refractivity contribution >= 4 is 29.2 Å². The van der Waals surface area contributed by atoms with Gasteiger partial charge in [-0.1, -0.05) is 29.3 Å². The van der Waals surface area contributed by atoms with E-state index in [1.807, 2.05) is 12.2 Å². The van der Waals surface area contributed by atoms with Gasteiger partial charge in [-0.15, -0.1) is 0 Å². The molecule has 0 amide bonds. The number of allylic oxidation sites excluding steroid dienone is 1. The van der Waals surface area contributed by atoms with E-state index in [0.717, 1.165) is 19.3 Å². The molecule has 4 heteroatoms. The highest BCUT2D eigenvalue weighted by atomic mass is 35.5. The molecule has 0 aromatic rings. The van der Waals surface area contributed by atoms with Gasteiger partial charge in [-0.3, -0.25) is 0 Å². The highest BCUT2D eigenvalue weighted by Crippen LogP contribution is 2.24. The van der Waals surface area contributed by atoms with Crippen molar-refractivity contribution in [1.82, 2.24) is 0 Å². The molecule has 1 atom stereocenters. The SMILES string of the molecule is CC(Cl)(Cl)C(=O)OC1C=CCCC1. The minimum absolute atomic E-state index is 0.155. The van der Waals surface area contributed by atoms with Gasteiger partial charge in [0.05, 0.1) is 0 Å². The summed E-state index contributed by atoms with van der Waals surface area (Å²) < 4.78 is 3.63. The molecule has 0 saturated carbocycles. The Bertz CT molecular complexity index is 218. The second-order valence-electron chi connectivity index (χ2n) is 3.19. The van der Waals surface area contributed by atoms with Gasteiger partial charge in [0.1, 0.15) is 6.10 Å². The molecule has 0 aromatic heterocycles. The van der Waals surface area contributed by atoms with E-state index in [4.69, 9.17) is 27.9 Å². The molecule has 0 saturated heterocycles. The van der Waals surface area contributed by atoms with Gasteiger partial charge in [0.2, 0.25) is 4.33 Å². The number of hydrogen-bond donors (Lipinski definition) is 0. The van der Waals surface area contributed by atoms with Crippen LogP contribution in [-0.2, 0) is 9.53 Å². The summed E-state index contributed by atoms with van der Waals surface area (Å²) in [6.07, 6.45) is 6.66. The summed E-state index contributed by atoms with van der Waals surface area (Å²) in [5.41, 5.74) is 0. The maximum absolute atomic E-state index is 11.2. The van der Waals surface area contributed by atoms with Crippen LogP contribution in [-0.4, -0.2) is 16.4 Å². The molecule has 0 heterocycles. The van der Waals surface area contributed by atoms with Crippen molar-refractivity contribution in [1.29, 1.82) is 0 Å². The van der Waals surface area contributed by atoms with Gasteiger partial charge in [-0.25, -0.2) is 4.79 Å². The van der Waals surface area contributed by atoms with Gasteiger partial charge in [0, 0.05) is 0 Å². The third kappa shape index (κ3) is 3.57. The van der Waals surface area contributed by atoms with Gasteiger partial charge in [0.15, 0.2) is 0 Å². The van der Waals surface area contributed by atoms with Crippen molar-refractivity contribution in [3.63, 3.8) is 0 Å². The topological polar surface area (TPSA) is 26.3 Å². The third-order valence-corrected chi connectivity index (χ3v) is 2.14. The summed E-state index contributed by atoms with van der Waals surface area (Å²) in [4.78, 5) is 11.2. The average molecular weight is 223 g/mol. The first-order chi connectivity index (χ1) is 6.00. The van der Waals surface area contributed by atoms with E-state index in [2.05, 4.69) is 0 Å². The smallest absolute Gasteiger partial charge is 0.342 e. The van der Waals surface area contributed by atoms with Crippen molar-refractivity contribution < 1.29 is 9.53 Å². The number of esters is 1. The fourth-order valence-electron chi connectivity index (χ4n) is 1.12. The Morgan fingerprint density at radius 2 is 2.31 bits per heavy atom. The lowest BCUT2D eigenvalue weighted by molar-refractivity contribution is -0.147. The molecule has 1 rings (SSSR count). The van der Waals surface area contributed by atoms with Crippen LogP contribution in [0.25, 0.3) is 0 Å². The van der Waals surface area contributed by atoms with Crippen LogP contribution in [0.3, 0.4) is 0 Å². The van der Waals surface area contributed by atoms with Crippen molar-refractivity contribution in [3.05, 3.63) is 12.2 Å². The molecular formula is C9H12Cl2O2. The van der Waals surface area contributed by atoms with Gasteiger partial charge in [-0.05, 0) is 32.3 Å². The molecule has 0 aliphatic heterocycles. The Labute approximate surface area is 87.8 Å². The van der Waals surface area contributed by atoms with Crippen LogP contribution in [0.5, 0.6) is 0 Å². The van der Waals surface area contributed by atoms with Crippen LogP contribution in [0, 0.1) is 0 Å². The van der Waals surface area contributed by atoms with E-state index in [1.54, 1.807) is 0 Å². The van der Waals surface area contributed by atoms with Crippen molar-refractivity contribution in [2.75, 3.05) is 0 Å². The van der Waals surface area contributed by atoms with E-state index < -0.39 is 10.3 Å². The zero-order valence-electron chi connectivity index (χ0n) is 7.43. The zero-order valence-corrected chi connectivity index (χ0v) is 8.94. The highest BCUT2D eigenvalue weighted by Gasteiger charge is 2.31. The molecule has 2 nitrogen and oxygen atoms in total. The molecular weight excluding hydrogens is 211 g/mol. The molecule has 0 N–H and O–H groups in total. The Morgan fingerprint density at radius 3 is 2.77 bits per heavy atom. The molecule has 0 bridgehead atoms. The van der Waals surface area contributed by atoms with Gasteiger partial charge >= 0.3 is 5.97 Å². The molecule has 13 heavy (non-hydrogen) atoms. The van der Waals surface area contributed by atoms with Gasteiger partial charge in [-0.2, -0.15) is 0 Å². The lowest BCUT2D eigenvalue weighted by Gasteiger charge is -2.20. The molecule has 0 radical (unpaired) electrons. The molecule has 1 aliphatic carbocycles. The van der Waals surface area contributed by atoms with Crippen LogP contribution in [0.4, 0.5) is 0 Å². The van der Waals surface area contributed by atoms with Crippen molar-refractivity contribution in [3.8, 4) is 0 Å². The predicted molar refractivity (Wildman–Crippen MR) is 53.0 cm³/mol. The van der Waals surface area contributed by atoms with E-state index in [9.17, 15) is 4.79 Å². The molecule has 0 aromatic carbocycles. The van der Waals surface area contributed by atoms with Gasteiger partial charge < -0.3 is 4.74 Å². The second-order valence-corrected chi connectivity index (χ2v) is 4.90. The molecule has 74 valence electrons. The van der Waals surface area contributed by atoms with Crippen molar-refractivity contribution in [2.45, 2.75) is 36.6 Å². The van der Waals surface area contributed by atoms with Crippen LogP contribution in [0.15, 0.2) is 12.2 Å². The molecule has 0 spiro atoms. The van der Waals surface area contributed by atoms with E-state index in [-0.39, 0.29) is 6.10 Å². The number of carbonyl (C=O) groups is 1. The standard InChI is InChI=1S/C9H12Cl2O2/c1-9(10,11)8(12)13-7-5-3-2-4-6-7/h3,5,7H,2,4,6H2,1H3. The van der Waals surface area contributed by atoms with E-state index in [1.165, 1.54) is 6.92 Å². The summed E-state index contributed by atoms with van der Waals surface area (Å²) in [5, 5.41) is 0. The van der Waals surface area contributed by atoms with Gasteiger partial charge in [0.25, 0.3) is 0 Å². The summed E-state index contributed by atoms with van der Waals surface area (Å²) in [7, 11) is 0. The average Bonchev–Trinajstić information content (AvgIpc) is 2.04. The minimum atomic E-state index is -1.44. The first kappa shape index (κ1) is 10.9. The summed E-state index contributed by atoms with van der Waals surface area (Å²) >= 11 is 11.1. The third-order valence-electron chi connectivity index (χ3n) is 1.83. The summed E-state index contributed by atoms with van der Waals surface area (Å²) in [6, 6.07) is 0. The number of rotatable bonds is 2. The predicted octanol–water partition coefficient (Wildman–Crippen LogP) is 2.83. The number of ether oxygens (including phenoxy) is 1. The zero-order chi connectivity index (χ0) is 9.90. The van der Waals surface area contributed by atoms with Crippen LogP contribution < -0.4 is 0 Å². The number of carbonyl (C=O) groups excluding carboxylic acids is 1. The van der Waals surface area contributed by atoms with Crippen molar-refractivity contribution in [2.24, 2.45) is 0 Å². The molecule has 0 fully saturated rings. The summed E-state index contributed by atoms with van der Waals surface area (Å²) in [6.45, 7) is 1.41. The lowest BCUT2D eigenvalue weighted by atomic mass is 10.1. The maximum atomic E-state index is 11.2. The first-order valence-electron chi connectivity index (χ1n) is 4.26. The number of hydrogen-bond acceptors (Lipinski definition) is 2. The first-order valence-corrected chi connectivity index (χ1v) is 5.01. The quantitative estimate of drug-likeness (QED) is 0.408. The fourth-order valence-corrected chi connectivity index (χ4v) is 1.21. The fraction of sp³-hybridized carbons (Fsp3) is 0.667. The van der Waals surface area contributed by atoms with Crippen LogP contribution in [0.1, 0.15) is 26.2 Å². The highest BCUT2D eigenvalue weighted by molar-refractivity contribution is 6.57. The van der Waals surface area contributed by atoms with E-state index >= 15 is 0 Å². The second kappa shape index (κ2) is 4.34. The largest absolute Gasteiger partial charge is 0.456 e. The number of alkyl halides is 2. The summed E-state index contributed by atoms with van der Waals surface area (Å²) in [5.74, 6) is -0.576. The molecule has 1 aliphatic rings. The molecule has 1 unspecified atom stereocenters. The normalized spacial score (nSPS) is 22.8. The Hall–Kier alpha value is -0.210. The maximum Gasteiger partial charge on any atom is 0.342 e. The minimum Gasteiger partial charge on any atom is -0.456 e. The Morgan fingerprint density at radius 1 is 1.62 bits per heavy atom. The monoisotopic (exact) mass is 222 g/mol. The van der Waals surface area contributed by atoms with Crippen LogP contribution in [0.2, 0.25) is 0 Å². The lowest BCUT2D eigenvalue weighted by Crippen LogP contribution is -2.29. The van der Waals surface area contributed by atoms with E-state index in [0.29, 0.717) is 0 Å². The number of halogens is 2. The Balaban J connectivity index is 2.44. The Kier molecular flexibility index (Phi) is 3.63.